The number of nitrogens with zero attached hydrogens (tertiary/aromatic N) is 2. The molecule has 0 bridgehead atoms. The molecular formula is C25H28N2O2. The number of hydrogen-bond donors (Lipinski definition) is 1. The van der Waals surface area contributed by atoms with Crippen LogP contribution in [-0.4, -0.2) is 28.1 Å². The predicted molar refractivity (Wildman–Crippen MR) is 115 cm³/mol. The van der Waals surface area contributed by atoms with E-state index in [0.717, 1.165) is 49.4 Å². The Morgan fingerprint density at radius 3 is 2.34 bits per heavy atom. The van der Waals surface area contributed by atoms with Gasteiger partial charge in [-0.3, -0.25) is 9.88 Å². The van der Waals surface area contributed by atoms with Gasteiger partial charge in [0.25, 0.3) is 0 Å². The summed E-state index contributed by atoms with van der Waals surface area (Å²) in [6.45, 7) is 3.84. The molecule has 1 aliphatic rings. The van der Waals surface area contributed by atoms with Crippen molar-refractivity contribution in [1.29, 1.82) is 0 Å². The van der Waals surface area contributed by atoms with E-state index in [4.69, 9.17) is 4.74 Å². The molecule has 4 nitrogen and oxygen atoms in total. The molecule has 29 heavy (non-hydrogen) atoms. The van der Waals surface area contributed by atoms with Gasteiger partial charge in [-0.2, -0.15) is 0 Å². The molecule has 2 heterocycles. The van der Waals surface area contributed by atoms with Crippen LogP contribution >= 0.6 is 0 Å². The van der Waals surface area contributed by atoms with Crippen LogP contribution in [0.5, 0.6) is 5.75 Å². The molecule has 0 aliphatic carbocycles. The molecule has 0 radical (unpaired) electrons. The van der Waals surface area contributed by atoms with Crippen LogP contribution in [0.15, 0.2) is 73.1 Å². The van der Waals surface area contributed by atoms with Crippen LogP contribution in [0.1, 0.15) is 41.0 Å². The summed E-state index contributed by atoms with van der Waals surface area (Å²) in [7, 11) is 0. The summed E-state index contributed by atoms with van der Waals surface area (Å²) in [4.78, 5) is 6.55. The van der Waals surface area contributed by atoms with Crippen molar-refractivity contribution in [2.24, 2.45) is 0 Å². The lowest BCUT2D eigenvalue weighted by molar-refractivity contribution is 0.203. The van der Waals surface area contributed by atoms with Gasteiger partial charge in [-0.05, 0) is 78.4 Å². The number of aliphatic hydroxyl groups is 1. The maximum atomic E-state index is 9.60. The minimum atomic E-state index is 0.131. The largest absolute Gasteiger partial charge is 0.489 e. The van der Waals surface area contributed by atoms with E-state index in [2.05, 4.69) is 46.3 Å². The number of benzene rings is 2. The van der Waals surface area contributed by atoms with Crippen molar-refractivity contribution in [3.05, 3.63) is 95.3 Å². The molecule has 1 saturated heterocycles. The van der Waals surface area contributed by atoms with Gasteiger partial charge in [0, 0.05) is 18.9 Å². The van der Waals surface area contributed by atoms with Crippen LogP contribution < -0.4 is 4.74 Å². The van der Waals surface area contributed by atoms with Crippen molar-refractivity contribution in [1.82, 2.24) is 9.88 Å². The summed E-state index contributed by atoms with van der Waals surface area (Å²) in [5.41, 5.74) is 4.84. The van der Waals surface area contributed by atoms with Crippen molar-refractivity contribution in [2.45, 2.75) is 38.5 Å². The average molecular weight is 389 g/mol. The van der Waals surface area contributed by atoms with Crippen LogP contribution in [0.25, 0.3) is 0 Å². The number of pyridine rings is 1. The van der Waals surface area contributed by atoms with Crippen molar-refractivity contribution >= 4 is 0 Å². The number of aliphatic hydroxyl groups excluding tert-OH is 1. The maximum Gasteiger partial charge on any atom is 0.119 e. The lowest BCUT2D eigenvalue weighted by Gasteiger charge is -2.33. The fourth-order valence-electron chi connectivity index (χ4n) is 4.07. The van der Waals surface area contributed by atoms with Gasteiger partial charge < -0.3 is 9.84 Å². The van der Waals surface area contributed by atoms with E-state index in [1.807, 2.05) is 24.3 Å². The molecule has 0 atom stereocenters. The third-order valence-electron chi connectivity index (χ3n) is 5.74. The van der Waals surface area contributed by atoms with Crippen molar-refractivity contribution in [2.75, 3.05) is 13.1 Å². The summed E-state index contributed by atoms with van der Waals surface area (Å²) < 4.78 is 5.86. The number of aromatic nitrogens is 1. The highest BCUT2D eigenvalue weighted by molar-refractivity contribution is 5.31. The quantitative estimate of drug-likeness (QED) is 0.646. The molecule has 2 aromatic carbocycles. The molecule has 150 valence electrons. The molecule has 1 fully saturated rings. The van der Waals surface area contributed by atoms with Gasteiger partial charge in [-0.15, -0.1) is 0 Å². The number of hydrogen-bond acceptors (Lipinski definition) is 4. The topological polar surface area (TPSA) is 45.6 Å². The van der Waals surface area contributed by atoms with Crippen LogP contribution in [0, 0.1) is 0 Å². The molecule has 0 unspecified atom stereocenters. The normalized spacial score (nSPS) is 15.3. The van der Waals surface area contributed by atoms with Gasteiger partial charge in [0.05, 0.1) is 6.61 Å². The second-order valence-corrected chi connectivity index (χ2v) is 7.70. The summed E-state index contributed by atoms with van der Waals surface area (Å²) >= 11 is 0. The molecule has 1 aliphatic heterocycles. The average Bonchev–Trinajstić information content (AvgIpc) is 2.80. The van der Waals surface area contributed by atoms with E-state index in [1.165, 1.54) is 11.1 Å². The number of ether oxygens (including phenoxy) is 1. The molecule has 0 spiro atoms. The highest BCUT2D eigenvalue weighted by Crippen LogP contribution is 2.31. The zero-order chi connectivity index (χ0) is 19.9. The van der Waals surface area contributed by atoms with E-state index in [-0.39, 0.29) is 6.61 Å². The Morgan fingerprint density at radius 2 is 1.62 bits per heavy atom. The lowest BCUT2D eigenvalue weighted by atomic mass is 9.86. The second-order valence-electron chi connectivity index (χ2n) is 7.70. The summed E-state index contributed by atoms with van der Waals surface area (Å²) in [5.74, 6) is 1.45. The summed E-state index contributed by atoms with van der Waals surface area (Å²) in [6.07, 6.45) is 5.86. The van der Waals surface area contributed by atoms with Gasteiger partial charge in [-0.1, -0.05) is 36.4 Å². The van der Waals surface area contributed by atoms with Crippen molar-refractivity contribution in [3.8, 4) is 5.75 Å². The Hall–Kier alpha value is -2.69. The minimum absolute atomic E-state index is 0.131. The number of rotatable bonds is 7. The van der Waals surface area contributed by atoms with E-state index in [0.29, 0.717) is 12.5 Å². The first-order chi connectivity index (χ1) is 14.3. The zero-order valence-corrected chi connectivity index (χ0v) is 16.7. The highest BCUT2D eigenvalue weighted by atomic mass is 16.5. The maximum absolute atomic E-state index is 9.60. The predicted octanol–water partition coefficient (Wildman–Crippen LogP) is 4.53. The van der Waals surface area contributed by atoms with E-state index in [1.54, 1.807) is 12.4 Å². The molecule has 4 rings (SSSR count). The van der Waals surface area contributed by atoms with Gasteiger partial charge >= 0.3 is 0 Å². The molecule has 1 N–H and O–H groups in total. The monoisotopic (exact) mass is 388 g/mol. The van der Waals surface area contributed by atoms with Crippen molar-refractivity contribution < 1.29 is 9.84 Å². The number of piperidine rings is 1. The van der Waals surface area contributed by atoms with E-state index in [9.17, 15) is 5.11 Å². The van der Waals surface area contributed by atoms with Crippen molar-refractivity contribution in [3.63, 3.8) is 0 Å². The lowest BCUT2D eigenvalue weighted by Crippen LogP contribution is -2.32. The smallest absolute Gasteiger partial charge is 0.119 e. The highest BCUT2D eigenvalue weighted by Gasteiger charge is 2.22. The second kappa shape index (κ2) is 9.68. The molecule has 3 aromatic rings. The minimum Gasteiger partial charge on any atom is -0.489 e. The number of likely N-dealkylation sites (tertiary alicyclic amines) is 1. The molecule has 0 saturated carbocycles. The van der Waals surface area contributed by atoms with E-state index < -0.39 is 0 Å². The molecule has 0 amide bonds. The fourth-order valence-corrected chi connectivity index (χ4v) is 4.07. The summed E-state index contributed by atoms with van der Waals surface area (Å²) in [6, 6.07) is 20.7. The van der Waals surface area contributed by atoms with Crippen LogP contribution in [0.4, 0.5) is 0 Å². The van der Waals surface area contributed by atoms with E-state index >= 15 is 0 Å². The van der Waals surface area contributed by atoms with Gasteiger partial charge in [-0.25, -0.2) is 0 Å². The first kappa shape index (κ1) is 19.6. The molecular weight excluding hydrogens is 360 g/mol. The molecule has 4 heteroatoms. The van der Waals surface area contributed by atoms with Crippen LogP contribution in [0.3, 0.4) is 0 Å². The van der Waals surface area contributed by atoms with Gasteiger partial charge in [0.15, 0.2) is 0 Å². The fraction of sp³-hybridized carbons (Fsp3) is 0.320. The Bertz CT molecular complexity index is 888. The van der Waals surface area contributed by atoms with Crippen LogP contribution in [0.2, 0.25) is 0 Å². The molecule has 1 aromatic heterocycles. The summed E-state index contributed by atoms with van der Waals surface area (Å²) in [5, 5.41) is 9.60. The third-order valence-corrected chi connectivity index (χ3v) is 5.74. The Balaban J connectivity index is 1.27. The van der Waals surface area contributed by atoms with Crippen LogP contribution in [-0.2, 0) is 19.8 Å². The zero-order valence-electron chi connectivity index (χ0n) is 16.7. The SMILES string of the molecule is OCc1ccccc1C1CCN(Cc2ccc(OCc3ccncc3)cc2)CC1. The standard InChI is InChI=1S/C25H28N2O2/c28-18-23-3-1-2-4-25(23)22-11-15-27(16-12-22)17-20-5-7-24(8-6-20)29-19-21-9-13-26-14-10-21/h1-10,13-14,22,28H,11-12,15-19H2. The Kier molecular flexibility index (Phi) is 6.55. The van der Waals surface area contributed by atoms with Gasteiger partial charge in [0.2, 0.25) is 0 Å². The first-order valence-electron chi connectivity index (χ1n) is 10.3. The Morgan fingerprint density at radius 1 is 0.897 bits per heavy atom. The van der Waals surface area contributed by atoms with Gasteiger partial charge in [0.1, 0.15) is 12.4 Å². The Labute approximate surface area is 172 Å². The first-order valence-corrected chi connectivity index (χ1v) is 10.3. The third kappa shape index (κ3) is 5.22.